The van der Waals surface area contributed by atoms with E-state index in [0.29, 0.717) is 5.69 Å². The van der Waals surface area contributed by atoms with Crippen LogP contribution < -0.4 is 10.4 Å². The molecular weight excluding hydrogens is 184 g/mol. The molecule has 0 spiro atoms. The van der Waals surface area contributed by atoms with Gasteiger partial charge in [-0.25, -0.2) is 0 Å². The fraction of sp³-hybridized carbons (Fsp3) is 0.222. The van der Waals surface area contributed by atoms with Crippen molar-refractivity contribution in [1.82, 2.24) is 5.43 Å². The summed E-state index contributed by atoms with van der Waals surface area (Å²) in [6, 6.07) is 8.97. The third-order valence-electron chi connectivity index (χ3n) is 2.05. The topological polar surface area (TPSA) is 72.8 Å². The number of amides is 1. The number of hydrazine groups is 1. The highest BCUT2D eigenvalue weighted by Crippen LogP contribution is 2.18. The maximum absolute atomic E-state index is 11.0. The van der Waals surface area contributed by atoms with Gasteiger partial charge in [-0.15, -0.1) is 0 Å². The van der Waals surface area contributed by atoms with Crippen molar-refractivity contribution in [3.8, 4) is 0 Å². The van der Waals surface area contributed by atoms with E-state index in [1.807, 2.05) is 6.07 Å². The summed E-state index contributed by atoms with van der Waals surface area (Å²) in [7, 11) is 0. The van der Waals surface area contributed by atoms with Gasteiger partial charge < -0.3 is 10.2 Å². The van der Waals surface area contributed by atoms with E-state index in [2.05, 4.69) is 5.43 Å². The van der Waals surface area contributed by atoms with Crippen molar-refractivity contribution >= 4 is 11.6 Å². The highest BCUT2D eigenvalue weighted by molar-refractivity contribution is 5.88. The number of rotatable bonds is 1. The van der Waals surface area contributed by atoms with Gasteiger partial charge in [-0.3, -0.25) is 15.2 Å². The minimum Gasteiger partial charge on any atom is -0.357 e. The van der Waals surface area contributed by atoms with Crippen LogP contribution in [0.5, 0.6) is 0 Å². The van der Waals surface area contributed by atoms with E-state index in [4.69, 9.17) is 0 Å². The van der Waals surface area contributed by atoms with Crippen molar-refractivity contribution in [2.24, 2.45) is 0 Å². The molecule has 0 aliphatic carbocycles. The Morgan fingerprint density at radius 3 is 2.43 bits per heavy atom. The van der Waals surface area contributed by atoms with Gasteiger partial charge >= 0.3 is 0 Å². The largest absolute Gasteiger partial charge is 0.357 e. The summed E-state index contributed by atoms with van der Waals surface area (Å²) in [5.74, 6) is -3.10. The van der Waals surface area contributed by atoms with E-state index in [-0.39, 0.29) is 6.54 Å². The smallest absolute Gasteiger partial charge is 0.300 e. The SMILES string of the molecule is O=C1NN(c2ccccc2)CC1(O)O. The summed E-state index contributed by atoms with van der Waals surface area (Å²) in [4.78, 5) is 11.0. The number of para-hydroxylation sites is 1. The van der Waals surface area contributed by atoms with Crippen LogP contribution in [0.15, 0.2) is 30.3 Å². The fourth-order valence-electron chi connectivity index (χ4n) is 1.31. The predicted octanol–water partition coefficient (Wildman–Crippen LogP) is -0.781. The van der Waals surface area contributed by atoms with E-state index in [0.717, 1.165) is 0 Å². The minimum atomic E-state index is -2.30. The highest BCUT2D eigenvalue weighted by atomic mass is 16.5. The third-order valence-corrected chi connectivity index (χ3v) is 2.05. The van der Waals surface area contributed by atoms with Crippen molar-refractivity contribution in [3.63, 3.8) is 0 Å². The van der Waals surface area contributed by atoms with Crippen LogP contribution in [0.4, 0.5) is 5.69 Å². The molecule has 14 heavy (non-hydrogen) atoms. The van der Waals surface area contributed by atoms with Crippen LogP contribution in [0, 0.1) is 0 Å². The van der Waals surface area contributed by atoms with Crippen LogP contribution in [-0.2, 0) is 4.79 Å². The van der Waals surface area contributed by atoms with Gasteiger partial charge in [0.2, 0.25) is 0 Å². The van der Waals surface area contributed by atoms with Gasteiger partial charge in [0.25, 0.3) is 11.7 Å². The first-order valence-corrected chi connectivity index (χ1v) is 4.18. The Labute approximate surface area is 80.6 Å². The van der Waals surface area contributed by atoms with Gasteiger partial charge in [0.1, 0.15) is 6.54 Å². The molecule has 0 bridgehead atoms. The number of hydrogen-bond donors (Lipinski definition) is 3. The Bertz CT molecular complexity index is 350. The number of anilines is 1. The normalized spacial score (nSPS) is 19.6. The lowest BCUT2D eigenvalue weighted by atomic mass is 10.3. The van der Waals surface area contributed by atoms with Crippen LogP contribution in [0.1, 0.15) is 0 Å². The molecule has 0 saturated carbocycles. The lowest BCUT2D eigenvalue weighted by Gasteiger charge is -2.16. The molecule has 1 fully saturated rings. The number of carbonyl (C=O) groups excluding carboxylic acids is 1. The summed E-state index contributed by atoms with van der Waals surface area (Å²) in [5, 5.41) is 19.8. The third kappa shape index (κ3) is 1.43. The second-order valence-electron chi connectivity index (χ2n) is 3.18. The van der Waals surface area contributed by atoms with Crippen molar-refractivity contribution in [2.75, 3.05) is 11.6 Å². The molecule has 1 aliphatic heterocycles. The average molecular weight is 194 g/mol. The molecule has 2 rings (SSSR count). The monoisotopic (exact) mass is 194 g/mol. The maximum atomic E-state index is 11.0. The summed E-state index contributed by atoms with van der Waals surface area (Å²) < 4.78 is 0. The lowest BCUT2D eigenvalue weighted by Crippen LogP contribution is -2.39. The molecular formula is C9H10N2O3. The molecule has 74 valence electrons. The van der Waals surface area contributed by atoms with Crippen molar-refractivity contribution < 1.29 is 15.0 Å². The second-order valence-corrected chi connectivity index (χ2v) is 3.18. The molecule has 0 unspecified atom stereocenters. The van der Waals surface area contributed by atoms with Gasteiger partial charge in [0.15, 0.2) is 0 Å². The van der Waals surface area contributed by atoms with Crippen molar-refractivity contribution in [2.45, 2.75) is 5.79 Å². The molecule has 3 N–H and O–H groups in total. The Balaban J connectivity index is 2.21. The summed E-state index contributed by atoms with van der Waals surface area (Å²) in [6.45, 7) is -0.171. The maximum Gasteiger partial charge on any atom is 0.300 e. The summed E-state index contributed by atoms with van der Waals surface area (Å²) >= 11 is 0. The molecule has 5 nitrogen and oxygen atoms in total. The van der Waals surface area contributed by atoms with Crippen LogP contribution in [0.2, 0.25) is 0 Å². The molecule has 1 heterocycles. The molecule has 1 amide bonds. The average Bonchev–Trinajstić information content (AvgIpc) is 2.43. The lowest BCUT2D eigenvalue weighted by molar-refractivity contribution is -0.171. The molecule has 1 aliphatic rings. The molecule has 0 radical (unpaired) electrons. The summed E-state index contributed by atoms with van der Waals surface area (Å²) in [6.07, 6.45) is 0. The fourth-order valence-corrected chi connectivity index (χ4v) is 1.31. The predicted molar refractivity (Wildman–Crippen MR) is 49.1 cm³/mol. The molecule has 0 aromatic heterocycles. The van der Waals surface area contributed by atoms with Gasteiger partial charge in [-0.1, -0.05) is 18.2 Å². The van der Waals surface area contributed by atoms with E-state index >= 15 is 0 Å². The van der Waals surface area contributed by atoms with Gasteiger partial charge in [-0.05, 0) is 12.1 Å². The molecule has 5 heteroatoms. The Morgan fingerprint density at radius 1 is 1.29 bits per heavy atom. The van der Waals surface area contributed by atoms with Crippen LogP contribution >= 0.6 is 0 Å². The van der Waals surface area contributed by atoms with Crippen LogP contribution in [0.25, 0.3) is 0 Å². The second kappa shape index (κ2) is 2.97. The zero-order valence-corrected chi connectivity index (χ0v) is 7.34. The zero-order valence-electron chi connectivity index (χ0n) is 7.34. The zero-order chi connectivity index (χ0) is 10.2. The number of carbonyl (C=O) groups is 1. The molecule has 1 aromatic rings. The van der Waals surface area contributed by atoms with Crippen LogP contribution in [-0.4, -0.2) is 28.5 Å². The van der Waals surface area contributed by atoms with Crippen molar-refractivity contribution in [3.05, 3.63) is 30.3 Å². The first-order valence-electron chi connectivity index (χ1n) is 4.18. The van der Waals surface area contributed by atoms with Gasteiger partial charge in [0.05, 0.1) is 5.69 Å². The van der Waals surface area contributed by atoms with E-state index in [1.54, 1.807) is 24.3 Å². The number of benzene rings is 1. The number of β-amino-alcohol motifs (C(OH)–C–C–N with tert-alkyl or cyclic N) is 2. The molecule has 0 atom stereocenters. The minimum absolute atomic E-state index is 0.171. The first kappa shape index (κ1) is 8.98. The highest BCUT2D eigenvalue weighted by Gasteiger charge is 2.43. The number of nitrogens with one attached hydrogen (secondary N) is 1. The first-order chi connectivity index (χ1) is 6.59. The quantitative estimate of drug-likeness (QED) is 0.513. The van der Waals surface area contributed by atoms with Gasteiger partial charge in [-0.2, -0.15) is 0 Å². The number of nitrogens with zero attached hydrogens (tertiary/aromatic N) is 1. The van der Waals surface area contributed by atoms with Crippen molar-refractivity contribution in [1.29, 1.82) is 0 Å². The van der Waals surface area contributed by atoms with E-state index in [1.165, 1.54) is 5.01 Å². The van der Waals surface area contributed by atoms with E-state index < -0.39 is 11.7 Å². The molecule has 1 aromatic carbocycles. The summed E-state index contributed by atoms with van der Waals surface area (Å²) in [5.41, 5.74) is 3.07. The standard InChI is InChI=1S/C9H10N2O3/c12-8-9(13,14)6-11(10-8)7-4-2-1-3-5-7/h1-5,13-14H,6H2,(H,10,12). The van der Waals surface area contributed by atoms with E-state index in [9.17, 15) is 15.0 Å². The Morgan fingerprint density at radius 2 is 1.93 bits per heavy atom. The Hall–Kier alpha value is -1.59. The van der Waals surface area contributed by atoms with Gasteiger partial charge in [0, 0.05) is 0 Å². The molecule has 1 saturated heterocycles. The van der Waals surface area contributed by atoms with Crippen LogP contribution in [0.3, 0.4) is 0 Å². The number of hydrogen-bond acceptors (Lipinski definition) is 4. The Kier molecular flexibility index (Phi) is 1.90. The number of aliphatic hydroxyl groups is 2.